The Balaban J connectivity index is 1.32. The second kappa shape index (κ2) is 11.6. The fraction of sp³-hybridized carbons (Fsp3) is 0.310. The molecule has 0 saturated carbocycles. The first kappa shape index (κ1) is 25.6. The van der Waals surface area contributed by atoms with Crippen molar-refractivity contribution >= 4 is 45.7 Å². The number of hydrogen-bond donors (Lipinski definition) is 1. The Labute approximate surface area is 228 Å². The summed E-state index contributed by atoms with van der Waals surface area (Å²) in [6.07, 6.45) is 3.17. The van der Waals surface area contributed by atoms with Crippen LogP contribution in [0.15, 0.2) is 66.9 Å². The van der Waals surface area contributed by atoms with Gasteiger partial charge in [0.2, 0.25) is 0 Å². The number of hydrogen-bond acceptors (Lipinski definition) is 3. The maximum absolute atomic E-state index is 6.60. The van der Waals surface area contributed by atoms with Gasteiger partial charge in [0.05, 0.1) is 0 Å². The van der Waals surface area contributed by atoms with E-state index in [9.17, 15) is 0 Å². The van der Waals surface area contributed by atoms with Crippen molar-refractivity contribution in [3.05, 3.63) is 93.1 Å². The van der Waals surface area contributed by atoms with E-state index in [1.165, 1.54) is 22.0 Å². The summed E-state index contributed by atoms with van der Waals surface area (Å²) in [6.45, 7) is 7.28. The molecule has 1 aromatic heterocycles. The maximum Gasteiger partial charge on any atom is 0.0486 e. The van der Waals surface area contributed by atoms with Gasteiger partial charge in [-0.2, -0.15) is 0 Å². The highest BCUT2D eigenvalue weighted by atomic mass is 35.5. The van der Waals surface area contributed by atoms with Gasteiger partial charge in [-0.1, -0.05) is 65.1 Å². The monoisotopic (exact) mass is 540 g/mol. The Hall–Kier alpha value is -2.05. The van der Waals surface area contributed by atoms with Gasteiger partial charge in [-0.25, -0.2) is 0 Å². The largest absolute Gasteiger partial charge is 0.347 e. The summed E-state index contributed by atoms with van der Waals surface area (Å²) in [4.78, 5) is 4.95. The lowest BCUT2D eigenvalue weighted by molar-refractivity contribution is 0.122. The molecule has 5 rings (SSSR count). The Kier molecular flexibility index (Phi) is 8.22. The number of aryl methyl sites for hydroxylation is 1. The third kappa shape index (κ3) is 5.60. The van der Waals surface area contributed by atoms with E-state index in [4.69, 9.17) is 40.5 Å². The summed E-state index contributed by atoms with van der Waals surface area (Å²) >= 11 is 19.4. The molecule has 3 aromatic carbocycles. The van der Waals surface area contributed by atoms with Gasteiger partial charge in [0.25, 0.3) is 0 Å². The van der Waals surface area contributed by atoms with Crippen LogP contribution in [0.5, 0.6) is 0 Å². The van der Waals surface area contributed by atoms with Gasteiger partial charge in [0.15, 0.2) is 0 Å². The summed E-state index contributed by atoms with van der Waals surface area (Å²) in [5.41, 5.74) is 11.6. The molecule has 0 bridgehead atoms. The summed E-state index contributed by atoms with van der Waals surface area (Å²) in [5, 5.41) is 3.50. The Bertz CT molecular complexity index is 1320. The molecule has 7 heteroatoms. The Morgan fingerprint density at radius 2 is 1.39 bits per heavy atom. The third-order valence-electron chi connectivity index (χ3n) is 7.03. The van der Waals surface area contributed by atoms with Crippen molar-refractivity contribution < 1.29 is 0 Å². The topological polar surface area (TPSA) is 37.4 Å². The average Bonchev–Trinajstić information content (AvgIpc) is 3.24. The Morgan fingerprint density at radius 3 is 2.08 bits per heavy atom. The van der Waals surface area contributed by atoms with Crippen molar-refractivity contribution in [1.82, 2.24) is 14.4 Å². The molecule has 1 saturated heterocycles. The molecule has 36 heavy (non-hydrogen) atoms. The number of nitrogens with zero attached hydrogens (tertiary/aromatic N) is 3. The first-order valence-corrected chi connectivity index (χ1v) is 13.6. The van der Waals surface area contributed by atoms with Crippen LogP contribution in [0.3, 0.4) is 0 Å². The molecule has 1 fully saturated rings. The predicted octanol–water partition coefficient (Wildman–Crippen LogP) is 6.94. The van der Waals surface area contributed by atoms with Crippen LogP contribution in [-0.4, -0.2) is 47.1 Å². The van der Waals surface area contributed by atoms with Gasteiger partial charge in [-0.05, 0) is 48.9 Å². The summed E-state index contributed by atoms with van der Waals surface area (Å²) in [6, 6.07) is 20.6. The summed E-state index contributed by atoms with van der Waals surface area (Å²) in [5.74, 6) is 0. The molecule has 0 aliphatic carbocycles. The average molecular weight is 542 g/mol. The number of nitrogens with two attached hydrogens (primary N) is 1. The molecule has 188 valence electrons. The van der Waals surface area contributed by atoms with E-state index >= 15 is 0 Å². The molecule has 0 spiro atoms. The number of benzene rings is 3. The molecule has 2 N–H and O–H groups in total. The minimum Gasteiger partial charge on any atom is -0.347 e. The second-order valence-electron chi connectivity index (χ2n) is 9.46. The van der Waals surface area contributed by atoms with Crippen molar-refractivity contribution in [3.63, 3.8) is 0 Å². The zero-order chi connectivity index (χ0) is 25.1. The lowest BCUT2D eigenvalue weighted by atomic mass is 10.0. The number of piperazine rings is 1. The molecule has 1 aliphatic rings. The number of fused-ring (bicyclic) bond motifs is 1. The van der Waals surface area contributed by atoms with Crippen LogP contribution in [0.25, 0.3) is 22.0 Å². The van der Waals surface area contributed by atoms with Gasteiger partial charge >= 0.3 is 0 Å². The van der Waals surface area contributed by atoms with E-state index < -0.39 is 0 Å². The fourth-order valence-corrected chi connectivity index (χ4v) is 5.81. The van der Waals surface area contributed by atoms with Crippen molar-refractivity contribution in [2.75, 3.05) is 32.7 Å². The van der Waals surface area contributed by atoms with Crippen LogP contribution >= 0.6 is 34.8 Å². The summed E-state index contributed by atoms with van der Waals surface area (Å²) in [7, 11) is 0. The van der Waals surface area contributed by atoms with Crippen LogP contribution < -0.4 is 5.73 Å². The minimum atomic E-state index is 0.674. The van der Waals surface area contributed by atoms with Crippen LogP contribution in [0, 0.1) is 0 Å². The molecule has 0 unspecified atom stereocenters. The molecule has 4 aromatic rings. The van der Waals surface area contributed by atoms with Gasteiger partial charge in [0, 0.05) is 94.7 Å². The number of rotatable bonds is 8. The first-order valence-electron chi connectivity index (χ1n) is 12.5. The van der Waals surface area contributed by atoms with Gasteiger partial charge in [-0.3, -0.25) is 9.80 Å². The van der Waals surface area contributed by atoms with Crippen molar-refractivity contribution in [3.8, 4) is 11.1 Å². The van der Waals surface area contributed by atoms with Gasteiger partial charge < -0.3 is 10.3 Å². The first-order chi connectivity index (χ1) is 17.5. The van der Waals surface area contributed by atoms with E-state index in [0.29, 0.717) is 6.54 Å². The highest BCUT2D eigenvalue weighted by Gasteiger charge is 2.20. The van der Waals surface area contributed by atoms with E-state index in [1.54, 1.807) is 0 Å². The SMILES string of the molecule is NCCCn1cc(-c2ccccc2Cl)c2cc(CN3CCN(Cc4c(Cl)cccc4Cl)CC3)ccc21. The van der Waals surface area contributed by atoms with Crippen molar-refractivity contribution in [2.24, 2.45) is 5.73 Å². The van der Waals surface area contributed by atoms with E-state index in [-0.39, 0.29) is 0 Å². The van der Waals surface area contributed by atoms with E-state index in [1.807, 2.05) is 36.4 Å². The summed E-state index contributed by atoms with van der Waals surface area (Å²) < 4.78 is 2.31. The molecule has 4 nitrogen and oxygen atoms in total. The minimum absolute atomic E-state index is 0.674. The molecule has 0 radical (unpaired) electrons. The lowest BCUT2D eigenvalue weighted by Crippen LogP contribution is -2.45. The molecule has 2 heterocycles. The van der Waals surface area contributed by atoms with Crippen LogP contribution in [0.1, 0.15) is 17.5 Å². The van der Waals surface area contributed by atoms with Gasteiger partial charge in [-0.15, -0.1) is 0 Å². The van der Waals surface area contributed by atoms with E-state index in [0.717, 1.165) is 78.4 Å². The smallest absolute Gasteiger partial charge is 0.0486 e. The standard InChI is InChI=1S/C29H31Cl3N4/c30-26-6-2-1-5-22(26)24-20-36(12-4-11-33)29-10-9-21(17-23(24)29)18-34-13-15-35(16-14-34)19-25-27(31)7-3-8-28(25)32/h1-3,5-10,17,20H,4,11-16,18-19,33H2. The molecule has 0 amide bonds. The van der Waals surface area contributed by atoms with Crippen molar-refractivity contribution in [1.29, 1.82) is 0 Å². The van der Waals surface area contributed by atoms with Crippen LogP contribution in [-0.2, 0) is 19.6 Å². The number of halogens is 3. The maximum atomic E-state index is 6.60. The number of aromatic nitrogens is 1. The quantitative estimate of drug-likeness (QED) is 0.263. The Morgan fingerprint density at radius 1 is 0.722 bits per heavy atom. The van der Waals surface area contributed by atoms with Crippen LogP contribution in [0.2, 0.25) is 15.1 Å². The zero-order valence-electron chi connectivity index (χ0n) is 20.3. The fourth-order valence-electron chi connectivity index (χ4n) is 5.05. The molecule has 1 aliphatic heterocycles. The van der Waals surface area contributed by atoms with Crippen LogP contribution in [0.4, 0.5) is 0 Å². The lowest BCUT2D eigenvalue weighted by Gasteiger charge is -2.35. The highest BCUT2D eigenvalue weighted by molar-refractivity contribution is 6.36. The molecular formula is C29H31Cl3N4. The predicted molar refractivity (Wildman–Crippen MR) is 153 cm³/mol. The van der Waals surface area contributed by atoms with Gasteiger partial charge in [0.1, 0.15) is 0 Å². The third-order valence-corrected chi connectivity index (χ3v) is 8.06. The normalized spacial score (nSPS) is 15.1. The zero-order valence-corrected chi connectivity index (χ0v) is 22.5. The molecular weight excluding hydrogens is 511 g/mol. The van der Waals surface area contributed by atoms with E-state index in [2.05, 4.69) is 44.8 Å². The molecule has 0 atom stereocenters. The highest BCUT2D eigenvalue weighted by Crippen LogP contribution is 2.36. The van der Waals surface area contributed by atoms with Crippen molar-refractivity contribution in [2.45, 2.75) is 26.1 Å². The second-order valence-corrected chi connectivity index (χ2v) is 10.7.